The molecule has 4 amide bonds. The van der Waals surface area contributed by atoms with Crippen molar-refractivity contribution >= 4 is 54.8 Å². The predicted octanol–water partition coefficient (Wildman–Crippen LogP) is 0.587. The van der Waals surface area contributed by atoms with E-state index in [0.29, 0.717) is 50.3 Å². The minimum atomic E-state index is -4.87. The summed E-state index contributed by atoms with van der Waals surface area (Å²) in [6.45, 7) is 1.11. The normalized spacial score (nSPS) is 18.3. The number of halogens is 4. The monoisotopic (exact) mass is 762 g/mol. The number of nitrogens with zero attached hydrogens (tertiary/aromatic N) is 1. The maximum absolute atomic E-state index is 15.3. The van der Waals surface area contributed by atoms with Crippen LogP contribution < -0.4 is 26.9 Å². The van der Waals surface area contributed by atoms with Gasteiger partial charge in [0.15, 0.2) is 0 Å². The van der Waals surface area contributed by atoms with Gasteiger partial charge in [-0.2, -0.15) is 13.2 Å². The van der Waals surface area contributed by atoms with Gasteiger partial charge in [-0.15, -0.1) is 0 Å². The molecular formula is C34H40B2F4N4O10. The van der Waals surface area contributed by atoms with E-state index in [9.17, 15) is 47.2 Å². The Kier molecular flexibility index (Phi) is 13.0. The highest BCUT2D eigenvalue weighted by molar-refractivity contribution is 6.62. The molecule has 0 aromatic heterocycles. The van der Waals surface area contributed by atoms with Crippen molar-refractivity contribution in [3.05, 3.63) is 57.9 Å². The van der Waals surface area contributed by atoms with Crippen molar-refractivity contribution < 1.29 is 66.0 Å². The zero-order valence-corrected chi connectivity index (χ0v) is 29.3. The number of carboxylic acid groups (broad SMARTS) is 1. The van der Waals surface area contributed by atoms with Crippen LogP contribution in [0.3, 0.4) is 0 Å². The lowest BCUT2D eigenvalue weighted by Crippen LogP contribution is -2.51. The molecule has 0 aliphatic carbocycles. The molecule has 2 aromatic carbocycles. The number of hydrogen-bond donors (Lipinski definition) is 6. The zero-order valence-electron chi connectivity index (χ0n) is 29.3. The number of alkyl halides is 3. The van der Waals surface area contributed by atoms with Crippen molar-refractivity contribution in [2.45, 2.75) is 83.3 Å². The molecule has 0 unspecified atom stereocenters. The summed E-state index contributed by atoms with van der Waals surface area (Å²) < 4.78 is 67.1. The third kappa shape index (κ3) is 9.58. The van der Waals surface area contributed by atoms with Gasteiger partial charge >= 0.3 is 26.4 Å². The van der Waals surface area contributed by atoms with Gasteiger partial charge in [0.25, 0.3) is 11.8 Å². The molecule has 2 aromatic rings. The molecule has 290 valence electrons. The largest absolute Gasteiger partial charge is 0.494 e. The summed E-state index contributed by atoms with van der Waals surface area (Å²) in [5, 5.41) is 37.0. The maximum atomic E-state index is 15.3. The van der Waals surface area contributed by atoms with E-state index in [0.717, 1.165) is 6.07 Å². The number of carboxylic acids is 1. The number of hydrogen-bond acceptors (Lipinski definition) is 9. The molecule has 20 heteroatoms. The SMILES string of the molecule is C[C@@H](CCCCNC(=O)CCCCC(=O)N1C[C@H](NC(=O)c2cc3c(c(C(F)(F)F)c2)COB3O)[C@@H](NC(=O)c2ccc3c(c2F)B(O)OC3)C1)C(=O)O. The third-order valence-corrected chi connectivity index (χ3v) is 9.82. The highest BCUT2D eigenvalue weighted by atomic mass is 19.4. The Bertz CT molecular complexity index is 1780. The lowest BCUT2D eigenvalue weighted by atomic mass is 9.77. The molecule has 54 heavy (non-hydrogen) atoms. The van der Waals surface area contributed by atoms with Crippen LogP contribution in [0.15, 0.2) is 24.3 Å². The maximum Gasteiger partial charge on any atom is 0.494 e. The van der Waals surface area contributed by atoms with Crippen LogP contribution in [0.1, 0.15) is 89.3 Å². The highest BCUT2D eigenvalue weighted by Gasteiger charge is 2.42. The van der Waals surface area contributed by atoms with Crippen LogP contribution in [0.2, 0.25) is 0 Å². The van der Waals surface area contributed by atoms with Crippen molar-refractivity contribution in [3.63, 3.8) is 0 Å². The third-order valence-electron chi connectivity index (χ3n) is 9.82. The summed E-state index contributed by atoms with van der Waals surface area (Å²) >= 11 is 0. The fraction of sp³-hybridized carbons (Fsp3) is 0.500. The molecule has 1 saturated heterocycles. The minimum absolute atomic E-state index is 0.00329. The lowest BCUT2D eigenvalue weighted by molar-refractivity contribution is -0.141. The first kappa shape index (κ1) is 40.7. The van der Waals surface area contributed by atoms with Crippen molar-refractivity contribution in [2.24, 2.45) is 5.92 Å². The number of carbonyl (C=O) groups is 5. The summed E-state index contributed by atoms with van der Waals surface area (Å²) in [5.41, 5.74) is -2.43. The standard InChI is InChI=1S/C34H40B2F4N4O10/c1-18(33(49)50)6-4-5-11-41-27(45)7-2-3-8-28(46)44-14-25(26(15-44)43-32(48)21-10-9-19-16-53-36(52)29(19)30(21)37)42-31(47)20-12-23(34(38,39)40)22-17-54-35(51)24(22)13-20/h9-10,12-13,18,25-26,51-52H,2-8,11,14-17H2,1H3,(H,41,45)(H,42,47)(H,43,48)(H,49,50)/t18-,25-,26-/m0/s1. The summed E-state index contributed by atoms with van der Waals surface area (Å²) in [4.78, 5) is 64.5. The molecule has 0 radical (unpaired) electrons. The quantitative estimate of drug-likeness (QED) is 0.0847. The molecule has 1 fully saturated rings. The summed E-state index contributed by atoms with van der Waals surface area (Å²) in [7, 11) is -3.26. The van der Waals surface area contributed by atoms with E-state index in [1.165, 1.54) is 17.0 Å². The van der Waals surface area contributed by atoms with Crippen molar-refractivity contribution in [2.75, 3.05) is 19.6 Å². The molecule has 3 aliphatic rings. The van der Waals surface area contributed by atoms with Gasteiger partial charge in [-0.25, -0.2) is 4.39 Å². The van der Waals surface area contributed by atoms with Crippen LogP contribution in [0, 0.1) is 11.7 Å². The Morgan fingerprint density at radius 3 is 2.28 bits per heavy atom. The molecule has 0 spiro atoms. The van der Waals surface area contributed by atoms with Gasteiger partial charge in [0.1, 0.15) is 5.82 Å². The second-order valence-electron chi connectivity index (χ2n) is 13.7. The molecule has 14 nitrogen and oxygen atoms in total. The molecule has 0 saturated carbocycles. The number of rotatable bonds is 15. The zero-order chi connectivity index (χ0) is 39.3. The Morgan fingerprint density at radius 2 is 1.59 bits per heavy atom. The number of aliphatic carboxylic acids is 1. The lowest BCUT2D eigenvalue weighted by Gasteiger charge is -2.22. The summed E-state index contributed by atoms with van der Waals surface area (Å²) in [6.07, 6.45) is -2.30. The Balaban J connectivity index is 1.23. The first-order valence-corrected chi connectivity index (χ1v) is 17.6. The van der Waals surface area contributed by atoms with Gasteiger partial charge < -0.3 is 45.3 Å². The molecular weight excluding hydrogens is 722 g/mol. The van der Waals surface area contributed by atoms with Gasteiger partial charge in [0.2, 0.25) is 11.8 Å². The Labute approximate surface area is 308 Å². The van der Waals surface area contributed by atoms with Crippen LogP contribution in [0.4, 0.5) is 17.6 Å². The first-order chi connectivity index (χ1) is 25.5. The minimum Gasteiger partial charge on any atom is -0.481 e. The molecule has 3 aliphatic heterocycles. The van der Waals surface area contributed by atoms with Gasteiger partial charge in [-0.05, 0) is 60.5 Å². The van der Waals surface area contributed by atoms with Crippen LogP contribution in [-0.4, -0.2) is 95.6 Å². The van der Waals surface area contributed by atoms with Crippen molar-refractivity contribution in [3.8, 4) is 0 Å². The number of carbonyl (C=O) groups excluding carboxylic acids is 4. The Morgan fingerprint density at radius 1 is 0.926 bits per heavy atom. The molecule has 6 N–H and O–H groups in total. The summed E-state index contributed by atoms with van der Waals surface area (Å²) in [5.74, 6) is -4.90. The fourth-order valence-corrected chi connectivity index (χ4v) is 6.70. The average Bonchev–Trinajstić information content (AvgIpc) is 3.82. The van der Waals surface area contributed by atoms with Gasteiger partial charge in [-0.1, -0.05) is 19.4 Å². The van der Waals surface area contributed by atoms with Gasteiger partial charge in [0, 0.05) is 43.5 Å². The fourth-order valence-electron chi connectivity index (χ4n) is 6.70. The topological polar surface area (TPSA) is 204 Å². The van der Waals surface area contributed by atoms with Crippen LogP contribution in [0.25, 0.3) is 0 Å². The van der Waals surface area contributed by atoms with Gasteiger partial charge in [0.05, 0.1) is 42.3 Å². The van der Waals surface area contributed by atoms with Crippen LogP contribution in [0.5, 0.6) is 0 Å². The summed E-state index contributed by atoms with van der Waals surface area (Å²) in [6, 6.07) is 2.24. The van der Waals surface area contributed by atoms with Gasteiger partial charge in [-0.3, -0.25) is 24.0 Å². The van der Waals surface area contributed by atoms with E-state index < -0.39 is 85.3 Å². The smallest absolute Gasteiger partial charge is 0.481 e. The molecule has 0 bridgehead atoms. The number of nitrogens with one attached hydrogen (secondary N) is 3. The predicted molar refractivity (Wildman–Crippen MR) is 184 cm³/mol. The number of likely N-dealkylation sites (tertiary alicyclic amines) is 1. The number of unbranched alkanes of at least 4 members (excludes halogenated alkanes) is 2. The number of amides is 4. The second-order valence-corrected chi connectivity index (χ2v) is 13.7. The Hall–Kier alpha value is -4.52. The van der Waals surface area contributed by atoms with E-state index in [2.05, 4.69) is 16.0 Å². The van der Waals surface area contributed by atoms with Crippen LogP contribution in [-0.2, 0) is 43.1 Å². The number of benzene rings is 2. The van der Waals surface area contributed by atoms with E-state index in [4.69, 9.17) is 14.4 Å². The molecule has 3 atom stereocenters. The van der Waals surface area contributed by atoms with Crippen molar-refractivity contribution in [1.29, 1.82) is 0 Å². The highest BCUT2D eigenvalue weighted by Crippen LogP contribution is 2.34. The van der Waals surface area contributed by atoms with E-state index >= 15 is 4.39 Å². The number of fused-ring (bicyclic) bond motifs is 2. The first-order valence-electron chi connectivity index (χ1n) is 17.6. The average molecular weight is 762 g/mol. The molecule has 5 rings (SSSR count). The molecule has 3 heterocycles. The van der Waals surface area contributed by atoms with E-state index in [1.54, 1.807) is 6.92 Å². The van der Waals surface area contributed by atoms with Crippen molar-refractivity contribution in [1.82, 2.24) is 20.9 Å². The van der Waals surface area contributed by atoms with E-state index in [1.807, 2.05) is 0 Å². The van der Waals surface area contributed by atoms with E-state index in [-0.39, 0.29) is 60.8 Å². The van der Waals surface area contributed by atoms with Crippen LogP contribution >= 0.6 is 0 Å². The second kappa shape index (κ2) is 17.3.